The molecule has 1 heterocycles. The maximum absolute atomic E-state index is 13.0. The van der Waals surface area contributed by atoms with Gasteiger partial charge in [0, 0.05) is 11.1 Å². The summed E-state index contributed by atoms with van der Waals surface area (Å²) in [4.78, 5) is 30.5. The molecule has 0 aliphatic carbocycles. The number of ether oxygens (including phenoxy) is 1. The van der Waals surface area contributed by atoms with E-state index in [-0.39, 0.29) is 17.5 Å². The quantitative estimate of drug-likeness (QED) is 0.489. The number of benzene rings is 3. The van der Waals surface area contributed by atoms with Crippen molar-refractivity contribution in [3.8, 4) is 11.4 Å². The lowest BCUT2D eigenvalue weighted by Gasteiger charge is -2.20. The number of aryl methyl sites for hydroxylation is 1. The van der Waals surface area contributed by atoms with Gasteiger partial charge in [0.05, 0.1) is 29.7 Å². The Morgan fingerprint density at radius 3 is 2.44 bits per heavy atom. The molecule has 6 heteroatoms. The third kappa shape index (κ3) is 3.99. The van der Waals surface area contributed by atoms with E-state index in [4.69, 9.17) is 4.74 Å². The van der Waals surface area contributed by atoms with Crippen molar-refractivity contribution >= 4 is 16.8 Å². The number of nitrogens with zero attached hydrogens (tertiary/aromatic N) is 2. The van der Waals surface area contributed by atoms with Crippen molar-refractivity contribution in [2.45, 2.75) is 26.3 Å². The highest BCUT2D eigenvalue weighted by molar-refractivity contribution is 5.94. The molecule has 1 atom stereocenters. The van der Waals surface area contributed by atoms with Crippen LogP contribution in [0.1, 0.15) is 41.1 Å². The molecule has 0 saturated carbocycles. The van der Waals surface area contributed by atoms with Crippen molar-refractivity contribution in [1.29, 1.82) is 0 Å². The van der Waals surface area contributed by atoms with Gasteiger partial charge in [-0.05, 0) is 55.8 Å². The van der Waals surface area contributed by atoms with Crippen LogP contribution in [0.4, 0.5) is 0 Å². The number of hydrogen-bond acceptors (Lipinski definition) is 4. The van der Waals surface area contributed by atoms with E-state index >= 15 is 0 Å². The van der Waals surface area contributed by atoms with Crippen LogP contribution in [0.5, 0.6) is 5.75 Å². The summed E-state index contributed by atoms with van der Waals surface area (Å²) >= 11 is 0. The number of aromatic nitrogens is 2. The van der Waals surface area contributed by atoms with E-state index in [1.54, 1.807) is 48.9 Å². The summed E-state index contributed by atoms with van der Waals surface area (Å²) in [5.41, 5.74) is 2.66. The molecule has 0 aliphatic heterocycles. The molecule has 0 fully saturated rings. The molecule has 0 bridgehead atoms. The van der Waals surface area contributed by atoms with E-state index in [1.807, 2.05) is 49.4 Å². The predicted octanol–water partition coefficient (Wildman–Crippen LogP) is 4.58. The maximum atomic E-state index is 13.0. The maximum Gasteiger partial charge on any atom is 0.265 e. The zero-order chi connectivity index (χ0) is 22.7. The molecule has 162 valence electrons. The van der Waals surface area contributed by atoms with Gasteiger partial charge >= 0.3 is 0 Å². The van der Waals surface area contributed by atoms with E-state index in [1.165, 1.54) is 0 Å². The van der Waals surface area contributed by atoms with Gasteiger partial charge in [-0.15, -0.1) is 0 Å². The van der Waals surface area contributed by atoms with Crippen LogP contribution in [0, 0.1) is 6.92 Å². The number of para-hydroxylation sites is 2. The number of carbonyl (C=O) groups excluding carboxylic acids is 1. The van der Waals surface area contributed by atoms with Gasteiger partial charge in [0.15, 0.2) is 0 Å². The minimum atomic E-state index is -0.185. The fraction of sp³-hybridized carbons (Fsp3) is 0.192. The summed E-state index contributed by atoms with van der Waals surface area (Å²) in [6.45, 7) is 3.82. The number of fused-ring (bicyclic) bond motifs is 1. The lowest BCUT2D eigenvalue weighted by Crippen LogP contribution is -2.28. The smallest absolute Gasteiger partial charge is 0.265 e. The van der Waals surface area contributed by atoms with Crippen molar-refractivity contribution in [3.63, 3.8) is 0 Å². The average molecular weight is 428 g/mol. The van der Waals surface area contributed by atoms with Crippen molar-refractivity contribution < 1.29 is 9.53 Å². The molecule has 1 amide bonds. The Balaban J connectivity index is 1.61. The lowest BCUT2D eigenvalue weighted by atomic mass is 10.0. The molecule has 0 saturated heterocycles. The summed E-state index contributed by atoms with van der Waals surface area (Å²) in [6, 6.07) is 21.8. The largest absolute Gasteiger partial charge is 0.496 e. The van der Waals surface area contributed by atoms with Crippen molar-refractivity contribution in [3.05, 3.63) is 100 Å². The molecule has 3 aromatic carbocycles. The highest BCUT2D eigenvalue weighted by Gasteiger charge is 2.18. The Morgan fingerprint density at radius 2 is 1.72 bits per heavy atom. The third-order valence-corrected chi connectivity index (χ3v) is 5.56. The van der Waals surface area contributed by atoms with E-state index < -0.39 is 0 Å². The summed E-state index contributed by atoms with van der Waals surface area (Å²) < 4.78 is 7.01. The van der Waals surface area contributed by atoms with Gasteiger partial charge in [0.1, 0.15) is 11.6 Å². The topological polar surface area (TPSA) is 73.2 Å². The van der Waals surface area contributed by atoms with Gasteiger partial charge < -0.3 is 10.1 Å². The van der Waals surface area contributed by atoms with Crippen LogP contribution in [0.3, 0.4) is 0 Å². The first-order valence-corrected chi connectivity index (χ1v) is 10.6. The van der Waals surface area contributed by atoms with E-state index in [2.05, 4.69) is 10.3 Å². The Labute approximate surface area is 186 Å². The zero-order valence-electron chi connectivity index (χ0n) is 18.3. The van der Waals surface area contributed by atoms with Crippen LogP contribution in [-0.2, 0) is 0 Å². The third-order valence-electron chi connectivity index (χ3n) is 5.56. The first kappa shape index (κ1) is 21.3. The number of amides is 1. The number of carbonyl (C=O) groups is 1. The summed E-state index contributed by atoms with van der Waals surface area (Å²) in [5, 5.41) is 3.64. The van der Waals surface area contributed by atoms with Crippen LogP contribution < -0.4 is 15.6 Å². The standard InChI is InChI=1S/C26H25N3O3/c1-4-22(20-9-6-8-12-24(20)32-3)28-25(30)18-13-15-19(16-14-18)29-17(2)27-23-11-7-5-10-21(23)26(29)31/h5-16,22H,4H2,1-3H3,(H,28,30). The highest BCUT2D eigenvalue weighted by atomic mass is 16.5. The van der Waals surface area contributed by atoms with Gasteiger partial charge in [-0.2, -0.15) is 0 Å². The molecule has 0 aliphatic rings. The number of hydrogen-bond donors (Lipinski definition) is 1. The highest BCUT2D eigenvalue weighted by Crippen LogP contribution is 2.27. The second-order valence-corrected chi connectivity index (χ2v) is 7.54. The van der Waals surface area contributed by atoms with Gasteiger partial charge in [0.2, 0.25) is 0 Å². The fourth-order valence-corrected chi connectivity index (χ4v) is 3.91. The van der Waals surface area contributed by atoms with Gasteiger partial charge in [-0.3, -0.25) is 14.2 Å². The molecule has 0 spiro atoms. The Kier molecular flexibility index (Phi) is 6.03. The summed E-state index contributed by atoms with van der Waals surface area (Å²) in [5.74, 6) is 1.15. The molecule has 4 aromatic rings. The van der Waals surface area contributed by atoms with Gasteiger partial charge in [0.25, 0.3) is 11.5 Å². The van der Waals surface area contributed by atoms with Crippen LogP contribution >= 0.6 is 0 Å². The Bertz CT molecular complexity index is 1330. The Morgan fingerprint density at radius 1 is 1.03 bits per heavy atom. The van der Waals surface area contributed by atoms with E-state index in [0.717, 1.165) is 17.7 Å². The Hall–Kier alpha value is -3.93. The molecule has 0 radical (unpaired) electrons. The molecule has 1 N–H and O–H groups in total. The van der Waals surface area contributed by atoms with Crippen LogP contribution in [0.15, 0.2) is 77.6 Å². The number of methoxy groups -OCH3 is 1. The van der Waals surface area contributed by atoms with Crippen molar-refractivity contribution in [2.75, 3.05) is 7.11 Å². The predicted molar refractivity (Wildman–Crippen MR) is 126 cm³/mol. The summed E-state index contributed by atoms with van der Waals surface area (Å²) in [6.07, 6.45) is 0.724. The minimum Gasteiger partial charge on any atom is -0.496 e. The molecule has 4 rings (SSSR count). The van der Waals surface area contributed by atoms with Crippen LogP contribution in [0.2, 0.25) is 0 Å². The molecule has 1 aromatic heterocycles. The second-order valence-electron chi connectivity index (χ2n) is 7.54. The minimum absolute atomic E-state index is 0.132. The van der Waals surface area contributed by atoms with Crippen molar-refractivity contribution in [1.82, 2.24) is 14.9 Å². The first-order chi connectivity index (χ1) is 15.5. The molecular formula is C26H25N3O3. The SMILES string of the molecule is CCC(NC(=O)c1ccc(-n2c(C)nc3ccccc3c2=O)cc1)c1ccccc1OC. The monoisotopic (exact) mass is 427 g/mol. The van der Waals surface area contributed by atoms with Crippen LogP contribution in [0.25, 0.3) is 16.6 Å². The van der Waals surface area contributed by atoms with E-state index in [9.17, 15) is 9.59 Å². The molecule has 6 nitrogen and oxygen atoms in total. The molecule has 1 unspecified atom stereocenters. The molecular weight excluding hydrogens is 402 g/mol. The van der Waals surface area contributed by atoms with Crippen molar-refractivity contribution in [2.24, 2.45) is 0 Å². The van der Waals surface area contributed by atoms with Gasteiger partial charge in [-0.25, -0.2) is 4.98 Å². The number of nitrogens with one attached hydrogen (secondary N) is 1. The first-order valence-electron chi connectivity index (χ1n) is 10.6. The van der Waals surface area contributed by atoms with E-state index in [0.29, 0.717) is 28.0 Å². The normalized spacial score (nSPS) is 11.8. The lowest BCUT2D eigenvalue weighted by molar-refractivity contribution is 0.0935. The molecule has 32 heavy (non-hydrogen) atoms. The zero-order valence-corrected chi connectivity index (χ0v) is 18.3. The fourth-order valence-electron chi connectivity index (χ4n) is 3.91. The van der Waals surface area contributed by atoms with Crippen LogP contribution in [-0.4, -0.2) is 22.6 Å². The van der Waals surface area contributed by atoms with Gasteiger partial charge in [-0.1, -0.05) is 37.3 Å². The summed E-state index contributed by atoms with van der Waals surface area (Å²) in [7, 11) is 1.62. The second kappa shape index (κ2) is 9.06. The number of rotatable bonds is 6. The average Bonchev–Trinajstić information content (AvgIpc) is 2.83.